The molecule has 2 aromatic heterocycles. The Hall–Kier alpha value is -3.32. The number of aromatic nitrogens is 2. The van der Waals surface area contributed by atoms with Gasteiger partial charge in [-0.15, -0.1) is 0 Å². The van der Waals surface area contributed by atoms with E-state index in [4.69, 9.17) is 21.1 Å². The van der Waals surface area contributed by atoms with Crippen LogP contribution in [0.1, 0.15) is 43.2 Å². The van der Waals surface area contributed by atoms with E-state index in [2.05, 4.69) is 9.97 Å². The van der Waals surface area contributed by atoms with Crippen LogP contribution >= 0.6 is 11.6 Å². The zero-order chi connectivity index (χ0) is 22.8. The standard InChI is InChI=1S/C15H12FNO2.C9H8ClNO2/c1-9-8-11-6-7-19-15(18)13(11)14(17-9)10-2-4-12(16)5-3-10;1-5-4-6-2-3-13-9(12)7(6)8(10)11-5/h2-5,8H,6-7H2,1H3;4H,2-3H2,1H3. The lowest BCUT2D eigenvalue weighted by molar-refractivity contribution is 0.0470. The summed E-state index contributed by atoms with van der Waals surface area (Å²) in [5.74, 6) is -1.03. The molecular formula is C24H20ClFN2O4. The monoisotopic (exact) mass is 454 g/mol. The van der Waals surface area contributed by atoms with Gasteiger partial charge in [0.05, 0.1) is 24.5 Å². The summed E-state index contributed by atoms with van der Waals surface area (Å²) in [7, 11) is 0. The molecule has 4 heterocycles. The minimum absolute atomic E-state index is 0.250. The van der Waals surface area contributed by atoms with Crippen molar-refractivity contribution in [2.24, 2.45) is 0 Å². The molecule has 2 aliphatic rings. The maximum atomic E-state index is 13.0. The third-order valence-corrected chi connectivity index (χ3v) is 5.42. The highest BCUT2D eigenvalue weighted by molar-refractivity contribution is 6.32. The smallest absolute Gasteiger partial charge is 0.341 e. The van der Waals surface area contributed by atoms with Crippen LogP contribution in [-0.4, -0.2) is 35.1 Å². The lowest BCUT2D eigenvalue weighted by atomic mass is 9.97. The minimum Gasteiger partial charge on any atom is -0.462 e. The van der Waals surface area contributed by atoms with E-state index in [-0.39, 0.29) is 22.9 Å². The Labute approximate surface area is 189 Å². The fraction of sp³-hybridized carbons (Fsp3) is 0.250. The van der Waals surface area contributed by atoms with Gasteiger partial charge in [-0.1, -0.05) is 11.6 Å². The molecule has 3 aromatic rings. The molecule has 0 fully saturated rings. The number of carbonyl (C=O) groups excluding carboxylic acids is 2. The van der Waals surface area contributed by atoms with Crippen molar-refractivity contribution in [1.29, 1.82) is 0 Å². The number of hydrogen-bond donors (Lipinski definition) is 0. The van der Waals surface area contributed by atoms with Crippen molar-refractivity contribution < 1.29 is 23.5 Å². The average molecular weight is 455 g/mol. The summed E-state index contributed by atoms with van der Waals surface area (Å²) in [6.07, 6.45) is 1.42. The van der Waals surface area contributed by atoms with Crippen molar-refractivity contribution in [1.82, 2.24) is 9.97 Å². The lowest BCUT2D eigenvalue weighted by Gasteiger charge is -2.19. The van der Waals surface area contributed by atoms with Crippen LogP contribution in [-0.2, 0) is 22.3 Å². The maximum absolute atomic E-state index is 13.0. The zero-order valence-electron chi connectivity index (χ0n) is 17.6. The third kappa shape index (κ3) is 4.48. The van der Waals surface area contributed by atoms with E-state index in [0.717, 1.165) is 34.5 Å². The molecule has 164 valence electrons. The van der Waals surface area contributed by atoms with Crippen LogP contribution in [0.25, 0.3) is 11.3 Å². The number of fused-ring (bicyclic) bond motifs is 2. The summed E-state index contributed by atoms with van der Waals surface area (Å²) in [6, 6.07) is 9.75. The second-order valence-corrected chi connectivity index (χ2v) is 7.87. The molecule has 0 aliphatic carbocycles. The van der Waals surface area contributed by atoms with E-state index in [0.29, 0.717) is 36.5 Å². The molecule has 0 atom stereocenters. The molecule has 0 unspecified atom stereocenters. The molecule has 0 N–H and O–H groups in total. The fourth-order valence-electron chi connectivity index (χ4n) is 3.75. The van der Waals surface area contributed by atoms with Crippen LogP contribution in [0.15, 0.2) is 36.4 Å². The molecule has 0 spiro atoms. The summed E-state index contributed by atoms with van der Waals surface area (Å²) in [5, 5.41) is 0.250. The number of cyclic esters (lactones) is 2. The Morgan fingerprint density at radius 2 is 1.38 bits per heavy atom. The van der Waals surface area contributed by atoms with Crippen molar-refractivity contribution in [2.75, 3.05) is 13.2 Å². The predicted molar refractivity (Wildman–Crippen MR) is 116 cm³/mol. The van der Waals surface area contributed by atoms with Gasteiger partial charge in [0.1, 0.15) is 16.5 Å². The molecule has 1 aromatic carbocycles. The van der Waals surface area contributed by atoms with E-state index in [1.807, 2.05) is 26.0 Å². The van der Waals surface area contributed by atoms with E-state index >= 15 is 0 Å². The fourth-order valence-corrected chi connectivity index (χ4v) is 4.08. The number of ether oxygens (including phenoxy) is 2. The van der Waals surface area contributed by atoms with Crippen LogP contribution in [0.2, 0.25) is 5.15 Å². The summed E-state index contributed by atoms with van der Waals surface area (Å²) < 4.78 is 22.9. The first kappa shape index (κ1) is 21.9. The topological polar surface area (TPSA) is 78.4 Å². The third-order valence-electron chi connectivity index (χ3n) is 5.15. The first-order valence-electron chi connectivity index (χ1n) is 10.1. The highest BCUT2D eigenvalue weighted by Gasteiger charge is 2.25. The van der Waals surface area contributed by atoms with Crippen molar-refractivity contribution >= 4 is 23.5 Å². The summed E-state index contributed by atoms with van der Waals surface area (Å²) in [6.45, 7) is 4.57. The Kier molecular flexibility index (Phi) is 6.19. The molecule has 0 saturated carbocycles. The Morgan fingerprint density at radius 3 is 2.00 bits per heavy atom. The SMILES string of the molecule is Cc1cc2c(c(-c3ccc(F)cc3)n1)C(=O)OCC2.Cc1cc2c(c(Cl)n1)C(=O)OCC2. The number of nitrogens with zero attached hydrogens (tertiary/aromatic N) is 2. The van der Waals surface area contributed by atoms with Gasteiger partial charge < -0.3 is 9.47 Å². The van der Waals surface area contributed by atoms with Gasteiger partial charge in [0.2, 0.25) is 0 Å². The quantitative estimate of drug-likeness (QED) is 0.393. The van der Waals surface area contributed by atoms with Gasteiger partial charge in [-0.25, -0.2) is 19.0 Å². The van der Waals surface area contributed by atoms with Gasteiger partial charge >= 0.3 is 11.9 Å². The molecule has 0 amide bonds. The first-order chi connectivity index (χ1) is 15.3. The number of rotatable bonds is 1. The van der Waals surface area contributed by atoms with Crippen LogP contribution in [0.5, 0.6) is 0 Å². The van der Waals surface area contributed by atoms with Gasteiger partial charge in [-0.2, -0.15) is 0 Å². The van der Waals surface area contributed by atoms with Gasteiger partial charge in [0.25, 0.3) is 0 Å². The van der Waals surface area contributed by atoms with E-state index < -0.39 is 0 Å². The number of aryl methyl sites for hydroxylation is 2. The first-order valence-corrected chi connectivity index (χ1v) is 10.5. The molecular weight excluding hydrogens is 435 g/mol. The second-order valence-electron chi connectivity index (χ2n) is 7.51. The van der Waals surface area contributed by atoms with Crippen LogP contribution in [0, 0.1) is 19.7 Å². The molecule has 0 radical (unpaired) electrons. The summed E-state index contributed by atoms with van der Waals surface area (Å²) in [5.41, 5.74) is 5.78. The molecule has 2 aliphatic heterocycles. The van der Waals surface area contributed by atoms with Crippen LogP contribution in [0.4, 0.5) is 4.39 Å². The number of pyridine rings is 2. The second kappa shape index (κ2) is 9.04. The van der Waals surface area contributed by atoms with Crippen molar-refractivity contribution in [3.8, 4) is 11.3 Å². The molecule has 6 nitrogen and oxygen atoms in total. The number of halogens is 2. The summed E-state index contributed by atoms with van der Waals surface area (Å²) in [4.78, 5) is 31.6. The lowest BCUT2D eigenvalue weighted by Crippen LogP contribution is -2.20. The highest BCUT2D eigenvalue weighted by atomic mass is 35.5. The highest BCUT2D eigenvalue weighted by Crippen LogP contribution is 2.29. The van der Waals surface area contributed by atoms with Crippen LogP contribution in [0.3, 0.4) is 0 Å². The number of carbonyl (C=O) groups is 2. The molecule has 32 heavy (non-hydrogen) atoms. The van der Waals surface area contributed by atoms with Gasteiger partial charge in [0.15, 0.2) is 0 Å². The molecule has 0 saturated heterocycles. The zero-order valence-corrected chi connectivity index (χ0v) is 18.3. The minimum atomic E-state index is -0.362. The number of hydrogen-bond acceptors (Lipinski definition) is 6. The number of benzene rings is 1. The Balaban J connectivity index is 0.000000165. The number of esters is 2. The predicted octanol–water partition coefficient (Wildman–Crippen LogP) is 4.67. The van der Waals surface area contributed by atoms with Crippen molar-refractivity contribution in [3.05, 3.63) is 81.0 Å². The Bertz CT molecular complexity index is 1210. The molecule has 0 bridgehead atoms. The Morgan fingerprint density at radius 1 is 0.844 bits per heavy atom. The van der Waals surface area contributed by atoms with E-state index in [1.165, 1.54) is 12.1 Å². The largest absolute Gasteiger partial charge is 0.462 e. The van der Waals surface area contributed by atoms with Crippen LogP contribution < -0.4 is 0 Å². The molecule has 5 rings (SSSR count). The van der Waals surface area contributed by atoms with E-state index in [1.54, 1.807) is 12.1 Å². The van der Waals surface area contributed by atoms with Gasteiger partial charge in [0, 0.05) is 29.8 Å². The maximum Gasteiger partial charge on any atom is 0.341 e. The van der Waals surface area contributed by atoms with Crippen molar-refractivity contribution in [2.45, 2.75) is 26.7 Å². The van der Waals surface area contributed by atoms with E-state index in [9.17, 15) is 14.0 Å². The summed E-state index contributed by atoms with van der Waals surface area (Å²) >= 11 is 5.83. The van der Waals surface area contributed by atoms with Crippen molar-refractivity contribution in [3.63, 3.8) is 0 Å². The molecule has 8 heteroatoms. The van der Waals surface area contributed by atoms with Gasteiger partial charge in [-0.05, 0) is 61.4 Å². The van der Waals surface area contributed by atoms with Gasteiger partial charge in [-0.3, -0.25) is 4.98 Å². The normalized spacial score (nSPS) is 14.4. The average Bonchev–Trinajstić information content (AvgIpc) is 2.74.